The third kappa shape index (κ3) is 2.10. The number of hydrogen-bond acceptors (Lipinski definition) is 3. The first-order valence-electron chi connectivity index (χ1n) is 5.44. The van der Waals surface area contributed by atoms with Crippen molar-refractivity contribution in [2.75, 3.05) is 18.0 Å². The van der Waals surface area contributed by atoms with Gasteiger partial charge in [0.1, 0.15) is 11.9 Å². The van der Waals surface area contributed by atoms with Gasteiger partial charge in [-0.05, 0) is 24.5 Å². The lowest BCUT2D eigenvalue weighted by atomic mass is 10.1. The van der Waals surface area contributed by atoms with Crippen molar-refractivity contribution in [1.82, 2.24) is 4.98 Å². The number of hydrogen-bond donors (Lipinski definition) is 0. The molecule has 78 valence electrons. The van der Waals surface area contributed by atoms with Gasteiger partial charge in [0.05, 0.1) is 5.56 Å². The summed E-state index contributed by atoms with van der Waals surface area (Å²) in [6, 6.07) is 5.86. The molecule has 1 aromatic rings. The summed E-state index contributed by atoms with van der Waals surface area (Å²) in [6.45, 7) is 4.44. The predicted molar refractivity (Wildman–Crippen MR) is 59.6 cm³/mol. The van der Waals surface area contributed by atoms with E-state index in [0.29, 0.717) is 5.56 Å². The summed E-state index contributed by atoms with van der Waals surface area (Å²) in [5, 5.41) is 8.67. The summed E-state index contributed by atoms with van der Waals surface area (Å²) in [5.74, 6) is 1.81. The van der Waals surface area contributed by atoms with E-state index in [0.717, 1.165) is 24.8 Å². The Labute approximate surface area is 90.4 Å². The van der Waals surface area contributed by atoms with Crippen molar-refractivity contribution in [3.8, 4) is 6.07 Å². The van der Waals surface area contributed by atoms with Crippen molar-refractivity contribution in [3.63, 3.8) is 0 Å². The van der Waals surface area contributed by atoms with E-state index in [2.05, 4.69) is 22.9 Å². The van der Waals surface area contributed by atoms with Gasteiger partial charge in [-0.25, -0.2) is 4.98 Å². The second-order valence-electron chi connectivity index (χ2n) is 4.03. The zero-order chi connectivity index (χ0) is 10.7. The standard InChI is InChI=1S/C12H15N3/c1-2-10-5-6-15(9-10)12-4-3-11(7-13)8-14-12/h3-4,8,10H,2,5-6,9H2,1H3. The van der Waals surface area contributed by atoms with Crippen molar-refractivity contribution in [2.24, 2.45) is 5.92 Å². The van der Waals surface area contributed by atoms with Gasteiger partial charge in [0, 0.05) is 19.3 Å². The number of nitrogens with zero attached hydrogens (tertiary/aromatic N) is 3. The zero-order valence-electron chi connectivity index (χ0n) is 8.98. The van der Waals surface area contributed by atoms with Crippen molar-refractivity contribution in [1.29, 1.82) is 5.26 Å². The van der Waals surface area contributed by atoms with Crippen LogP contribution in [0, 0.1) is 17.2 Å². The molecule has 1 aromatic heterocycles. The first-order chi connectivity index (χ1) is 7.33. The topological polar surface area (TPSA) is 39.9 Å². The van der Waals surface area contributed by atoms with Crippen molar-refractivity contribution >= 4 is 5.82 Å². The minimum Gasteiger partial charge on any atom is -0.356 e. The van der Waals surface area contributed by atoms with Crippen LogP contribution in [0.3, 0.4) is 0 Å². The highest BCUT2D eigenvalue weighted by Gasteiger charge is 2.21. The van der Waals surface area contributed by atoms with Crippen LogP contribution in [-0.2, 0) is 0 Å². The Morgan fingerprint density at radius 1 is 1.60 bits per heavy atom. The Kier molecular flexibility index (Phi) is 2.86. The monoisotopic (exact) mass is 201 g/mol. The molecule has 1 aliphatic rings. The fraction of sp³-hybridized carbons (Fsp3) is 0.500. The molecule has 0 radical (unpaired) electrons. The van der Waals surface area contributed by atoms with Gasteiger partial charge in [0.25, 0.3) is 0 Å². The molecular formula is C12H15N3. The molecule has 2 rings (SSSR count). The molecule has 1 saturated heterocycles. The molecule has 15 heavy (non-hydrogen) atoms. The molecular weight excluding hydrogens is 186 g/mol. The summed E-state index contributed by atoms with van der Waals surface area (Å²) in [5.41, 5.74) is 0.630. The van der Waals surface area contributed by atoms with Crippen molar-refractivity contribution in [3.05, 3.63) is 23.9 Å². The third-order valence-corrected chi connectivity index (χ3v) is 3.06. The summed E-state index contributed by atoms with van der Waals surface area (Å²) >= 11 is 0. The van der Waals surface area contributed by atoms with E-state index in [9.17, 15) is 0 Å². The van der Waals surface area contributed by atoms with Crippen LogP contribution in [0.25, 0.3) is 0 Å². The van der Waals surface area contributed by atoms with E-state index in [4.69, 9.17) is 5.26 Å². The van der Waals surface area contributed by atoms with E-state index >= 15 is 0 Å². The fourth-order valence-electron chi connectivity index (χ4n) is 2.01. The smallest absolute Gasteiger partial charge is 0.128 e. The summed E-state index contributed by atoms with van der Waals surface area (Å²) in [6.07, 6.45) is 4.15. The maximum absolute atomic E-state index is 8.67. The molecule has 3 nitrogen and oxygen atoms in total. The molecule has 0 saturated carbocycles. The molecule has 3 heteroatoms. The molecule has 0 bridgehead atoms. The minimum atomic E-state index is 0.630. The number of pyridine rings is 1. The highest BCUT2D eigenvalue weighted by molar-refractivity contribution is 5.42. The Hall–Kier alpha value is -1.56. The maximum atomic E-state index is 8.67. The molecule has 1 aliphatic heterocycles. The number of rotatable bonds is 2. The van der Waals surface area contributed by atoms with Gasteiger partial charge in [-0.2, -0.15) is 5.26 Å². The lowest BCUT2D eigenvalue weighted by Gasteiger charge is -2.16. The molecule has 0 amide bonds. The van der Waals surface area contributed by atoms with Gasteiger partial charge in [-0.1, -0.05) is 13.3 Å². The second-order valence-corrected chi connectivity index (χ2v) is 4.03. The predicted octanol–water partition coefficient (Wildman–Crippen LogP) is 2.19. The van der Waals surface area contributed by atoms with E-state index in [-0.39, 0.29) is 0 Å². The number of aromatic nitrogens is 1. The summed E-state index contributed by atoms with van der Waals surface area (Å²) in [7, 11) is 0. The zero-order valence-corrected chi connectivity index (χ0v) is 8.98. The Bertz CT molecular complexity index is 363. The van der Waals surface area contributed by atoms with Gasteiger partial charge >= 0.3 is 0 Å². The second kappa shape index (κ2) is 4.31. The first-order valence-corrected chi connectivity index (χ1v) is 5.44. The van der Waals surface area contributed by atoms with E-state index in [1.54, 1.807) is 6.20 Å². The molecule has 1 fully saturated rings. The van der Waals surface area contributed by atoms with E-state index in [1.807, 2.05) is 12.1 Å². The van der Waals surface area contributed by atoms with Gasteiger partial charge in [0.15, 0.2) is 0 Å². The third-order valence-electron chi connectivity index (χ3n) is 3.06. The lowest BCUT2D eigenvalue weighted by Crippen LogP contribution is -2.20. The average Bonchev–Trinajstić information content (AvgIpc) is 2.78. The fourth-order valence-corrected chi connectivity index (χ4v) is 2.01. The lowest BCUT2D eigenvalue weighted by molar-refractivity contribution is 0.569. The van der Waals surface area contributed by atoms with Gasteiger partial charge in [0.2, 0.25) is 0 Å². The average molecular weight is 201 g/mol. The minimum absolute atomic E-state index is 0.630. The van der Waals surface area contributed by atoms with Gasteiger partial charge in [-0.3, -0.25) is 0 Å². The molecule has 2 heterocycles. The van der Waals surface area contributed by atoms with Gasteiger partial charge in [-0.15, -0.1) is 0 Å². The SMILES string of the molecule is CCC1CCN(c2ccc(C#N)cn2)C1. The molecule has 0 spiro atoms. The molecule has 1 atom stereocenters. The van der Waals surface area contributed by atoms with Crippen LogP contribution in [0.1, 0.15) is 25.3 Å². The molecule has 0 aliphatic carbocycles. The van der Waals surface area contributed by atoms with Crippen LogP contribution in [0.2, 0.25) is 0 Å². The Morgan fingerprint density at radius 2 is 2.47 bits per heavy atom. The number of anilines is 1. The molecule has 1 unspecified atom stereocenters. The summed E-state index contributed by atoms with van der Waals surface area (Å²) in [4.78, 5) is 6.60. The molecule has 0 N–H and O–H groups in total. The van der Waals surface area contributed by atoms with Crippen LogP contribution in [0.5, 0.6) is 0 Å². The summed E-state index contributed by atoms with van der Waals surface area (Å²) < 4.78 is 0. The van der Waals surface area contributed by atoms with Crippen LogP contribution in [-0.4, -0.2) is 18.1 Å². The normalized spacial score (nSPS) is 20.3. The van der Waals surface area contributed by atoms with E-state index in [1.165, 1.54) is 12.8 Å². The van der Waals surface area contributed by atoms with Crippen LogP contribution >= 0.6 is 0 Å². The van der Waals surface area contributed by atoms with Crippen molar-refractivity contribution in [2.45, 2.75) is 19.8 Å². The Morgan fingerprint density at radius 3 is 3.00 bits per heavy atom. The van der Waals surface area contributed by atoms with Gasteiger partial charge < -0.3 is 4.90 Å². The van der Waals surface area contributed by atoms with Crippen molar-refractivity contribution < 1.29 is 0 Å². The quantitative estimate of drug-likeness (QED) is 0.736. The Balaban J connectivity index is 2.08. The van der Waals surface area contributed by atoms with Crippen LogP contribution in [0.15, 0.2) is 18.3 Å². The largest absolute Gasteiger partial charge is 0.356 e. The van der Waals surface area contributed by atoms with Crippen LogP contribution < -0.4 is 4.90 Å². The molecule has 0 aromatic carbocycles. The highest BCUT2D eigenvalue weighted by atomic mass is 15.2. The number of nitriles is 1. The first kappa shape index (κ1) is 9.97. The maximum Gasteiger partial charge on any atom is 0.128 e. The van der Waals surface area contributed by atoms with Crippen LogP contribution in [0.4, 0.5) is 5.82 Å². The highest BCUT2D eigenvalue weighted by Crippen LogP contribution is 2.23. The van der Waals surface area contributed by atoms with E-state index < -0.39 is 0 Å².